The van der Waals surface area contributed by atoms with Gasteiger partial charge in [0.25, 0.3) is 0 Å². The van der Waals surface area contributed by atoms with Crippen molar-refractivity contribution in [1.29, 1.82) is 5.41 Å². The molecule has 1 aliphatic rings. The van der Waals surface area contributed by atoms with Crippen LogP contribution in [0.5, 0.6) is 0 Å². The van der Waals surface area contributed by atoms with Crippen LogP contribution in [0.25, 0.3) is 11.0 Å². The van der Waals surface area contributed by atoms with Gasteiger partial charge in [-0.05, 0) is 61.7 Å². The zero-order valence-electron chi connectivity index (χ0n) is 20.3. The second-order valence-corrected chi connectivity index (χ2v) is 9.14. The molecular weight excluding hydrogens is 442 g/mol. The number of nitrogens with one attached hydrogen (secondary N) is 3. The fraction of sp³-hybridized carbons (Fsp3) is 0.385. The highest BCUT2D eigenvalue weighted by molar-refractivity contribution is 5.95. The Kier molecular flexibility index (Phi) is 7.16. The monoisotopic (exact) mass is 475 g/mol. The van der Waals surface area contributed by atoms with Gasteiger partial charge in [0.1, 0.15) is 23.5 Å². The zero-order chi connectivity index (χ0) is 25.0. The average Bonchev–Trinajstić information content (AvgIpc) is 3.51. The highest BCUT2D eigenvalue weighted by atomic mass is 16.2. The molecule has 0 aliphatic carbocycles. The number of carbonyl (C=O) groups is 2. The summed E-state index contributed by atoms with van der Waals surface area (Å²) in [6.45, 7) is 4.37. The van der Waals surface area contributed by atoms with Crippen molar-refractivity contribution >= 4 is 34.7 Å². The second kappa shape index (κ2) is 10.3. The van der Waals surface area contributed by atoms with E-state index in [0.717, 1.165) is 60.3 Å². The van der Waals surface area contributed by atoms with Crippen molar-refractivity contribution in [3.63, 3.8) is 0 Å². The molecule has 1 atom stereocenters. The Hall–Kier alpha value is -3.72. The van der Waals surface area contributed by atoms with Crippen molar-refractivity contribution in [2.45, 2.75) is 38.3 Å². The minimum absolute atomic E-state index is 0.0343. The molecule has 2 aromatic carbocycles. The number of aryl methyl sites for hydroxylation is 1. The standard InChI is InChI=1S/C26H33N7O2/c1-26(30-12-5-15-34,25(35)33-13-3-4-14-33)19-8-11-22-21(16-19)31-23(32(22)2)17-29-20-9-6-18(7-10-20)24(27)28/h6-11,15-16,29-30H,3-5,12-14,17H2,1-2H3,(H3,27,28). The molecule has 9 nitrogen and oxygen atoms in total. The second-order valence-electron chi connectivity index (χ2n) is 9.14. The first-order valence-corrected chi connectivity index (χ1v) is 12.0. The molecule has 1 amide bonds. The van der Waals surface area contributed by atoms with E-state index in [1.54, 1.807) is 0 Å². The van der Waals surface area contributed by atoms with Gasteiger partial charge in [0.2, 0.25) is 5.91 Å². The van der Waals surface area contributed by atoms with Crippen molar-refractivity contribution in [2.75, 3.05) is 25.0 Å². The van der Waals surface area contributed by atoms with Crippen LogP contribution in [0.1, 0.15) is 43.1 Å². The summed E-state index contributed by atoms with van der Waals surface area (Å²) < 4.78 is 2.04. The number of benzene rings is 2. The molecule has 4 rings (SSSR count). The molecule has 0 bridgehead atoms. The Balaban J connectivity index is 1.59. The fourth-order valence-electron chi connectivity index (χ4n) is 4.59. The number of likely N-dealkylation sites (tertiary alicyclic amines) is 1. The van der Waals surface area contributed by atoms with Crippen LogP contribution in [0, 0.1) is 5.41 Å². The number of amides is 1. The summed E-state index contributed by atoms with van der Waals surface area (Å²) in [5, 5.41) is 14.2. The van der Waals surface area contributed by atoms with E-state index in [1.807, 2.05) is 65.9 Å². The molecule has 184 valence electrons. The molecule has 1 fully saturated rings. The minimum Gasteiger partial charge on any atom is -0.384 e. The molecule has 0 spiro atoms. The van der Waals surface area contributed by atoms with E-state index < -0.39 is 5.54 Å². The molecule has 1 saturated heterocycles. The molecule has 9 heteroatoms. The van der Waals surface area contributed by atoms with E-state index in [4.69, 9.17) is 16.1 Å². The number of hydrogen-bond acceptors (Lipinski definition) is 6. The van der Waals surface area contributed by atoms with Crippen LogP contribution in [-0.2, 0) is 28.7 Å². The first-order chi connectivity index (χ1) is 16.8. The van der Waals surface area contributed by atoms with E-state index in [-0.39, 0.29) is 11.7 Å². The number of anilines is 1. The third-order valence-corrected chi connectivity index (χ3v) is 6.76. The van der Waals surface area contributed by atoms with Gasteiger partial charge in [0, 0.05) is 44.4 Å². The predicted octanol–water partition coefficient (Wildman–Crippen LogP) is 2.49. The third-order valence-electron chi connectivity index (χ3n) is 6.76. The number of rotatable bonds is 10. The van der Waals surface area contributed by atoms with E-state index in [1.165, 1.54) is 0 Å². The number of aldehydes is 1. The van der Waals surface area contributed by atoms with E-state index in [2.05, 4.69) is 10.6 Å². The summed E-state index contributed by atoms with van der Waals surface area (Å²) in [6.07, 6.45) is 3.24. The molecule has 1 aromatic heterocycles. The predicted molar refractivity (Wildman–Crippen MR) is 137 cm³/mol. The molecule has 0 saturated carbocycles. The summed E-state index contributed by atoms with van der Waals surface area (Å²) in [6, 6.07) is 13.3. The number of nitrogen functional groups attached to an aromatic ring is 1. The Bertz CT molecular complexity index is 1230. The lowest BCUT2D eigenvalue weighted by Crippen LogP contribution is -2.53. The Morgan fingerprint density at radius 1 is 1.20 bits per heavy atom. The highest BCUT2D eigenvalue weighted by Crippen LogP contribution is 2.29. The summed E-state index contributed by atoms with van der Waals surface area (Å²) in [4.78, 5) is 31.2. The average molecular weight is 476 g/mol. The number of hydrogen-bond donors (Lipinski definition) is 4. The fourth-order valence-corrected chi connectivity index (χ4v) is 4.59. The van der Waals surface area contributed by atoms with Crippen LogP contribution in [0.2, 0.25) is 0 Å². The van der Waals surface area contributed by atoms with Crippen LogP contribution in [0.15, 0.2) is 42.5 Å². The number of amidine groups is 1. The summed E-state index contributed by atoms with van der Waals surface area (Å²) in [7, 11) is 1.97. The van der Waals surface area contributed by atoms with Crippen LogP contribution < -0.4 is 16.4 Å². The molecule has 2 heterocycles. The lowest BCUT2D eigenvalue weighted by molar-refractivity contribution is -0.137. The summed E-state index contributed by atoms with van der Waals surface area (Å²) in [5.74, 6) is 0.930. The Morgan fingerprint density at radius 2 is 1.91 bits per heavy atom. The van der Waals surface area contributed by atoms with Crippen molar-refractivity contribution in [2.24, 2.45) is 12.8 Å². The van der Waals surface area contributed by atoms with Crippen LogP contribution in [0.3, 0.4) is 0 Å². The summed E-state index contributed by atoms with van der Waals surface area (Å²) >= 11 is 0. The van der Waals surface area contributed by atoms with Crippen molar-refractivity contribution in [1.82, 2.24) is 19.8 Å². The molecule has 5 N–H and O–H groups in total. The Labute approximate surface area is 205 Å². The van der Waals surface area contributed by atoms with E-state index in [0.29, 0.717) is 25.1 Å². The van der Waals surface area contributed by atoms with Gasteiger partial charge in [-0.15, -0.1) is 0 Å². The number of carbonyl (C=O) groups excluding carboxylic acids is 2. The number of nitrogens with two attached hydrogens (primary N) is 1. The van der Waals surface area contributed by atoms with E-state index >= 15 is 0 Å². The molecular formula is C26H33N7O2. The minimum atomic E-state index is -0.935. The van der Waals surface area contributed by atoms with Gasteiger partial charge in [-0.2, -0.15) is 0 Å². The first kappa shape index (κ1) is 24.4. The number of aromatic nitrogens is 2. The largest absolute Gasteiger partial charge is 0.384 e. The number of fused-ring (bicyclic) bond motifs is 1. The van der Waals surface area contributed by atoms with Crippen molar-refractivity contribution in [3.05, 3.63) is 59.4 Å². The molecule has 35 heavy (non-hydrogen) atoms. The molecule has 1 unspecified atom stereocenters. The van der Waals surface area contributed by atoms with Gasteiger partial charge in [0.15, 0.2) is 0 Å². The summed E-state index contributed by atoms with van der Waals surface area (Å²) in [5.41, 5.74) is 8.80. The van der Waals surface area contributed by atoms with Crippen LogP contribution in [0.4, 0.5) is 5.69 Å². The van der Waals surface area contributed by atoms with Gasteiger partial charge in [-0.25, -0.2) is 4.98 Å². The quantitative estimate of drug-likeness (QED) is 0.154. The molecule has 0 radical (unpaired) electrons. The van der Waals surface area contributed by atoms with Crippen molar-refractivity contribution in [3.8, 4) is 0 Å². The lowest BCUT2D eigenvalue weighted by atomic mass is 9.89. The van der Waals surface area contributed by atoms with E-state index in [9.17, 15) is 9.59 Å². The maximum atomic E-state index is 13.5. The topological polar surface area (TPSA) is 129 Å². The number of imidazole rings is 1. The zero-order valence-corrected chi connectivity index (χ0v) is 20.3. The smallest absolute Gasteiger partial charge is 0.247 e. The van der Waals surface area contributed by atoms with Gasteiger partial charge >= 0.3 is 0 Å². The van der Waals surface area contributed by atoms with Gasteiger partial charge < -0.3 is 25.3 Å². The SMILES string of the molecule is Cn1c(CNc2ccc(C(=N)N)cc2)nc2cc(C(C)(NCCC=O)C(=O)N3CCCC3)ccc21. The highest BCUT2D eigenvalue weighted by Gasteiger charge is 2.39. The van der Waals surface area contributed by atoms with Crippen LogP contribution in [-0.4, -0.2) is 52.1 Å². The van der Waals surface area contributed by atoms with Crippen LogP contribution >= 0.6 is 0 Å². The molecule has 1 aliphatic heterocycles. The molecule has 3 aromatic rings. The third kappa shape index (κ3) is 5.05. The van der Waals surface area contributed by atoms with Gasteiger partial charge in [0.05, 0.1) is 17.6 Å². The lowest BCUT2D eigenvalue weighted by Gasteiger charge is -2.34. The van der Waals surface area contributed by atoms with Crippen molar-refractivity contribution < 1.29 is 9.59 Å². The van der Waals surface area contributed by atoms with Gasteiger partial charge in [-0.1, -0.05) is 6.07 Å². The maximum Gasteiger partial charge on any atom is 0.247 e. The Morgan fingerprint density at radius 3 is 2.57 bits per heavy atom. The normalized spacial score (nSPS) is 15.2. The van der Waals surface area contributed by atoms with Gasteiger partial charge in [-0.3, -0.25) is 15.5 Å². The number of nitrogens with zero attached hydrogens (tertiary/aromatic N) is 3. The first-order valence-electron chi connectivity index (χ1n) is 12.0. The maximum absolute atomic E-state index is 13.5.